The maximum absolute atomic E-state index is 8.63. The Labute approximate surface area is 574 Å². The molecule has 0 aliphatic heterocycles. The SMILES string of the molecule is CC.CC.CC.CC.CC1(C2(C)CCCCC2)CCCCC1.CCC.CCC.CCC.CCC.CCC.CCC.CCCCC.Oc1ccccc1.Oc1ccccc1.Oc1ccccc1.Oc1ccccc1.Oc1ccccc1.c1ccccc1.c1ccccc1. The lowest BCUT2D eigenvalue weighted by molar-refractivity contribution is -0.00381. The van der Waals surface area contributed by atoms with Gasteiger partial charge in [-0.15, -0.1) is 0 Å². The van der Waals surface area contributed by atoms with Crippen LogP contribution in [0.5, 0.6) is 28.7 Å². The van der Waals surface area contributed by atoms with Crippen LogP contribution in [0.3, 0.4) is 0 Å². The second kappa shape index (κ2) is 101. The average molecular weight is 1280 g/mol. The van der Waals surface area contributed by atoms with Gasteiger partial charge < -0.3 is 25.5 Å². The van der Waals surface area contributed by atoms with Gasteiger partial charge in [-0.3, -0.25) is 0 Å². The molecule has 7 aromatic carbocycles. The first kappa shape index (κ1) is 107. The number of hydrogen-bond donors (Lipinski definition) is 5. The highest BCUT2D eigenvalue weighted by Crippen LogP contribution is 2.56. The lowest BCUT2D eigenvalue weighted by Crippen LogP contribution is -2.40. The molecule has 0 spiro atoms. The van der Waals surface area contributed by atoms with Crippen LogP contribution in [0, 0.1) is 10.8 Å². The van der Waals surface area contributed by atoms with E-state index in [0.29, 0.717) is 39.6 Å². The first-order valence-corrected chi connectivity index (χ1v) is 36.2. The molecule has 0 saturated heterocycles. The Morgan fingerprint density at radius 3 is 0.402 bits per heavy atom. The van der Waals surface area contributed by atoms with Gasteiger partial charge in [-0.25, -0.2) is 0 Å². The summed E-state index contributed by atoms with van der Waals surface area (Å²) in [6, 6.07) is 67.6. The molecule has 5 heteroatoms. The van der Waals surface area contributed by atoms with Gasteiger partial charge in [-0.05, 0) is 97.2 Å². The first-order valence-electron chi connectivity index (χ1n) is 36.2. The molecule has 530 valence electrons. The minimum Gasteiger partial charge on any atom is -0.508 e. The number of phenolic OH excluding ortho intramolecular Hbond substituents is 5. The molecule has 0 atom stereocenters. The van der Waals surface area contributed by atoms with Gasteiger partial charge in [0.1, 0.15) is 28.7 Å². The fourth-order valence-corrected chi connectivity index (χ4v) is 7.13. The number of aromatic hydroxyl groups is 5. The Kier molecular flexibility index (Phi) is 117. The molecule has 5 N–H and O–H groups in total. The van der Waals surface area contributed by atoms with Crippen LogP contribution in [-0.2, 0) is 0 Å². The minimum absolute atomic E-state index is 0.322. The summed E-state index contributed by atoms with van der Waals surface area (Å²) < 4.78 is 0. The number of hydrogen-bond acceptors (Lipinski definition) is 5. The van der Waals surface area contributed by atoms with Crippen LogP contribution in [-0.4, -0.2) is 25.5 Å². The largest absolute Gasteiger partial charge is 0.508 e. The fraction of sp³-hybridized carbons (Fsp3) is 0.517. The van der Waals surface area contributed by atoms with E-state index in [1.807, 2.05) is 159 Å². The highest BCUT2D eigenvalue weighted by Gasteiger charge is 2.44. The van der Waals surface area contributed by atoms with Crippen molar-refractivity contribution in [2.75, 3.05) is 0 Å². The number of phenols is 5. The van der Waals surface area contributed by atoms with Gasteiger partial charge in [0.15, 0.2) is 0 Å². The lowest BCUT2D eigenvalue weighted by Gasteiger charge is -2.51. The summed E-state index contributed by atoms with van der Waals surface area (Å²) in [6.45, 7) is 51.1. The van der Waals surface area contributed by atoms with Crippen LogP contribution >= 0.6 is 0 Å². The van der Waals surface area contributed by atoms with Crippen LogP contribution < -0.4 is 0 Å². The predicted octanol–water partition coefficient (Wildman–Crippen LogP) is 30.1. The summed E-state index contributed by atoms with van der Waals surface area (Å²) in [5, 5.41) is 43.2. The standard InChI is InChI=1S/C14H26.5C6H6O.2C6H6.C5H12.6C3H8.4C2H6/c1-13(9-5-3-6-10-13)14(2)11-7-4-8-12-14;5*7-6-4-2-1-3-5-6;2*1-2-4-6-5-3-1;1-3-5-4-2;6*1-3-2;4*1-2/h3-12H2,1-2H3;5*1-5,7H;2*1-6H;3-5H2,1-2H3;6*3H2,1-2H3;4*1-2H3. The molecule has 5 nitrogen and oxygen atoms in total. The van der Waals surface area contributed by atoms with Crippen LogP contribution in [0.15, 0.2) is 224 Å². The third kappa shape index (κ3) is 97.2. The smallest absolute Gasteiger partial charge is 0.115 e. The third-order valence-electron chi connectivity index (χ3n) is 11.2. The summed E-state index contributed by atoms with van der Waals surface area (Å²) in [7, 11) is 0. The van der Waals surface area contributed by atoms with Crippen molar-refractivity contribution in [2.45, 2.75) is 288 Å². The molecular weight excluding hydrogens is 1120 g/mol. The van der Waals surface area contributed by atoms with Gasteiger partial charge in [-0.2, -0.15) is 0 Å². The van der Waals surface area contributed by atoms with Crippen molar-refractivity contribution in [2.24, 2.45) is 10.8 Å². The average Bonchev–Trinajstić information content (AvgIpc) is 0.797. The first-order chi connectivity index (χ1) is 44.5. The van der Waals surface area contributed by atoms with Crippen LogP contribution in [0.1, 0.15) is 288 Å². The van der Waals surface area contributed by atoms with Gasteiger partial charge >= 0.3 is 0 Å². The third-order valence-corrected chi connectivity index (χ3v) is 11.2. The number of benzene rings is 7. The molecule has 2 fully saturated rings. The van der Waals surface area contributed by atoms with Crippen molar-refractivity contribution in [3.05, 3.63) is 224 Å². The van der Waals surface area contributed by atoms with Gasteiger partial charge in [0.05, 0.1) is 0 Å². The van der Waals surface area contributed by atoms with Gasteiger partial charge in [0, 0.05) is 0 Å². The highest BCUT2D eigenvalue weighted by molar-refractivity contribution is 5.21. The molecule has 2 aliphatic carbocycles. The molecule has 2 aliphatic rings. The van der Waals surface area contributed by atoms with E-state index < -0.39 is 0 Å². The molecule has 92 heavy (non-hydrogen) atoms. The zero-order valence-electron chi connectivity index (χ0n) is 64.5. The molecule has 0 amide bonds. The highest BCUT2D eigenvalue weighted by atomic mass is 16.3. The summed E-state index contributed by atoms with van der Waals surface area (Å²) in [5.41, 5.74) is 1.37. The van der Waals surface area contributed by atoms with E-state index in [2.05, 4.69) is 111 Å². The lowest BCUT2D eigenvalue weighted by atomic mass is 9.54. The number of unbranched alkanes of at least 4 members (excludes halogenated alkanes) is 2. The van der Waals surface area contributed by atoms with E-state index in [-0.39, 0.29) is 0 Å². The molecular formula is C87H152O5. The molecule has 0 heterocycles. The summed E-state index contributed by atoms with van der Waals surface area (Å²) >= 11 is 0. The molecule has 0 aromatic heterocycles. The van der Waals surface area contributed by atoms with Gasteiger partial charge in [0.25, 0.3) is 0 Å². The van der Waals surface area contributed by atoms with Gasteiger partial charge in [-0.1, -0.05) is 426 Å². The molecule has 0 radical (unpaired) electrons. The topological polar surface area (TPSA) is 101 Å². The van der Waals surface area contributed by atoms with E-state index in [4.69, 9.17) is 25.5 Å². The molecule has 0 bridgehead atoms. The Balaban J connectivity index is -0.0000000993. The molecule has 9 rings (SSSR count). The van der Waals surface area contributed by atoms with Gasteiger partial charge in [0.2, 0.25) is 0 Å². The Morgan fingerprint density at radius 1 is 0.217 bits per heavy atom. The van der Waals surface area contributed by atoms with E-state index in [9.17, 15) is 0 Å². The zero-order valence-corrected chi connectivity index (χ0v) is 64.5. The number of rotatable bonds is 3. The second-order valence-corrected chi connectivity index (χ2v) is 20.8. The van der Waals surface area contributed by atoms with Crippen LogP contribution in [0.2, 0.25) is 0 Å². The summed E-state index contributed by atoms with van der Waals surface area (Å²) in [4.78, 5) is 0. The van der Waals surface area contributed by atoms with Crippen molar-refractivity contribution in [3.63, 3.8) is 0 Å². The minimum atomic E-state index is 0.322. The van der Waals surface area contributed by atoms with Crippen molar-refractivity contribution in [1.29, 1.82) is 0 Å². The summed E-state index contributed by atoms with van der Waals surface area (Å²) in [5.74, 6) is 1.61. The fourth-order valence-electron chi connectivity index (χ4n) is 7.13. The van der Waals surface area contributed by atoms with Crippen LogP contribution in [0.4, 0.5) is 0 Å². The van der Waals surface area contributed by atoms with E-state index in [1.165, 1.54) is 122 Å². The van der Waals surface area contributed by atoms with E-state index in [0.717, 1.165) is 0 Å². The number of para-hydroxylation sites is 5. The predicted molar refractivity (Wildman–Crippen MR) is 422 cm³/mol. The van der Waals surface area contributed by atoms with Crippen molar-refractivity contribution in [1.82, 2.24) is 0 Å². The Morgan fingerprint density at radius 2 is 0.326 bits per heavy atom. The zero-order chi connectivity index (χ0) is 72.5. The maximum Gasteiger partial charge on any atom is 0.115 e. The van der Waals surface area contributed by atoms with E-state index >= 15 is 0 Å². The maximum atomic E-state index is 8.63. The Hall–Kier alpha value is -6.46. The second-order valence-electron chi connectivity index (χ2n) is 20.8. The van der Waals surface area contributed by atoms with Crippen molar-refractivity contribution < 1.29 is 25.5 Å². The normalized spacial score (nSPS) is 11.0. The Bertz CT molecular complexity index is 1750. The molecule has 0 unspecified atom stereocenters. The van der Waals surface area contributed by atoms with Crippen molar-refractivity contribution in [3.8, 4) is 28.7 Å². The van der Waals surface area contributed by atoms with Crippen molar-refractivity contribution >= 4 is 0 Å². The molecule has 7 aromatic rings. The van der Waals surface area contributed by atoms with Crippen LogP contribution in [0.25, 0.3) is 0 Å². The summed E-state index contributed by atoms with van der Waals surface area (Å²) in [6.07, 6.45) is 26.5. The van der Waals surface area contributed by atoms with E-state index in [1.54, 1.807) is 121 Å². The monoisotopic (exact) mass is 1280 g/mol. The quantitative estimate of drug-likeness (QED) is 0.121. The molecule has 2 saturated carbocycles.